The van der Waals surface area contributed by atoms with Gasteiger partial charge in [0.1, 0.15) is 0 Å². The van der Waals surface area contributed by atoms with E-state index in [1.807, 2.05) is 30.3 Å². The van der Waals surface area contributed by atoms with Crippen LogP contribution in [0, 0.1) is 5.82 Å². The SMILES string of the molecule is CCN1CCCC(C(=O)Nc2ccc(OC)c(F)c2)(c2ccccc2)CC1. The lowest BCUT2D eigenvalue weighted by molar-refractivity contribution is -0.122. The lowest BCUT2D eigenvalue weighted by Crippen LogP contribution is -2.41. The number of rotatable bonds is 5. The van der Waals surface area contributed by atoms with E-state index < -0.39 is 11.2 Å². The highest BCUT2D eigenvalue weighted by Gasteiger charge is 2.41. The number of halogens is 1. The molecule has 0 bridgehead atoms. The molecule has 2 aromatic carbocycles. The summed E-state index contributed by atoms with van der Waals surface area (Å²) in [6.07, 6.45) is 2.47. The van der Waals surface area contributed by atoms with Gasteiger partial charge in [-0.3, -0.25) is 4.79 Å². The van der Waals surface area contributed by atoms with Gasteiger partial charge < -0.3 is 15.0 Å². The van der Waals surface area contributed by atoms with Crippen LogP contribution in [-0.4, -0.2) is 37.6 Å². The molecule has 2 aromatic rings. The Balaban J connectivity index is 1.91. The molecule has 0 saturated carbocycles. The van der Waals surface area contributed by atoms with Crippen LogP contribution < -0.4 is 10.1 Å². The predicted molar refractivity (Wildman–Crippen MR) is 106 cm³/mol. The average molecular weight is 370 g/mol. The van der Waals surface area contributed by atoms with Gasteiger partial charge in [-0.15, -0.1) is 0 Å². The number of likely N-dealkylation sites (tertiary alicyclic amines) is 1. The standard InChI is InChI=1S/C22H27FN2O2/c1-3-25-14-7-12-22(13-15-25,17-8-5-4-6-9-17)21(26)24-18-10-11-20(27-2)19(23)16-18/h4-6,8-11,16H,3,7,12-15H2,1-2H3,(H,24,26). The molecular formula is C22H27FN2O2. The molecule has 0 aliphatic carbocycles. The number of ether oxygens (including phenoxy) is 1. The highest BCUT2D eigenvalue weighted by Crippen LogP contribution is 2.37. The third-order valence-corrected chi connectivity index (χ3v) is 5.55. The lowest BCUT2D eigenvalue weighted by atomic mass is 9.73. The van der Waals surface area contributed by atoms with Gasteiger partial charge in [0.25, 0.3) is 0 Å². The molecule has 1 N–H and O–H groups in total. The number of carbonyl (C=O) groups is 1. The monoisotopic (exact) mass is 370 g/mol. The Morgan fingerprint density at radius 1 is 1.19 bits per heavy atom. The minimum Gasteiger partial charge on any atom is -0.494 e. The molecule has 5 heteroatoms. The molecular weight excluding hydrogens is 343 g/mol. The fraction of sp³-hybridized carbons (Fsp3) is 0.409. The number of amides is 1. The van der Waals surface area contributed by atoms with Gasteiger partial charge >= 0.3 is 0 Å². The van der Waals surface area contributed by atoms with Gasteiger partial charge in [-0.25, -0.2) is 4.39 Å². The molecule has 1 aliphatic heterocycles. The molecule has 0 radical (unpaired) electrons. The summed E-state index contributed by atoms with van der Waals surface area (Å²) < 4.78 is 19.0. The molecule has 1 saturated heterocycles. The fourth-order valence-corrected chi connectivity index (χ4v) is 3.91. The normalized spacial score (nSPS) is 20.7. The largest absolute Gasteiger partial charge is 0.494 e. The first-order valence-corrected chi connectivity index (χ1v) is 9.52. The second-order valence-corrected chi connectivity index (χ2v) is 7.04. The van der Waals surface area contributed by atoms with Crippen molar-refractivity contribution in [3.8, 4) is 5.75 Å². The summed E-state index contributed by atoms with van der Waals surface area (Å²) in [6, 6.07) is 14.5. The molecule has 3 rings (SSSR count). The van der Waals surface area contributed by atoms with Crippen LogP contribution in [0.5, 0.6) is 5.75 Å². The number of nitrogens with zero attached hydrogens (tertiary/aromatic N) is 1. The maximum atomic E-state index is 14.0. The van der Waals surface area contributed by atoms with Gasteiger partial charge in [-0.05, 0) is 56.6 Å². The van der Waals surface area contributed by atoms with Crippen molar-refractivity contribution in [2.24, 2.45) is 0 Å². The Hall–Kier alpha value is -2.40. The van der Waals surface area contributed by atoms with E-state index in [9.17, 15) is 9.18 Å². The van der Waals surface area contributed by atoms with E-state index in [0.717, 1.165) is 44.5 Å². The highest BCUT2D eigenvalue weighted by atomic mass is 19.1. The van der Waals surface area contributed by atoms with Crippen molar-refractivity contribution < 1.29 is 13.9 Å². The van der Waals surface area contributed by atoms with Crippen molar-refractivity contribution in [2.75, 3.05) is 32.1 Å². The molecule has 1 unspecified atom stereocenters. The van der Waals surface area contributed by atoms with Crippen molar-refractivity contribution in [3.63, 3.8) is 0 Å². The van der Waals surface area contributed by atoms with Gasteiger partial charge in [0.2, 0.25) is 5.91 Å². The van der Waals surface area contributed by atoms with Gasteiger partial charge in [0.05, 0.1) is 12.5 Å². The zero-order chi connectivity index (χ0) is 19.3. The Bertz CT molecular complexity index is 781. The molecule has 144 valence electrons. The maximum Gasteiger partial charge on any atom is 0.235 e. The van der Waals surface area contributed by atoms with E-state index in [1.165, 1.54) is 19.2 Å². The number of hydrogen-bond donors (Lipinski definition) is 1. The van der Waals surface area contributed by atoms with Crippen LogP contribution in [0.15, 0.2) is 48.5 Å². The van der Waals surface area contributed by atoms with Crippen molar-refractivity contribution in [1.29, 1.82) is 0 Å². The van der Waals surface area contributed by atoms with Crippen LogP contribution in [-0.2, 0) is 10.2 Å². The topological polar surface area (TPSA) is 41.6 Å². The first kappa shape index (κ1) is 19.4. The molecule has 1 heterocycles. The van der Waals surface area contributed by atoms with Crippen LogP contribution >= 0.6 is 0 Å². The molecule has 1 atom stereocenters. The predicted octanol–water partition coefficient (Wildman–Crippen LogP) is 4.22. The van der Waals surface area contributed by atoms with E-state index in [4.69, 9.17) is 4.74 Å². The molecule has 0 aromatic heterocycles. The number of methoxy groups -OCH3 is 1. The summed E-state index contributed by atoms with van der Waals surface area (Å²) in [5.74, 6) is -0.392. The maximum absolute atomic E-state index is 14.0. The number of nitrogens with one attached hydrogen (secondary N) is 1. The first-order chi connectivity index (χ1) is 13.1. The van der Waals surface area contributed by atoms with E-state index in [1.54, 1.807) is 6.07 Å². The van der Waals surface area contributed by atoms with Crippen LogP contribution in [0.3, 0.4) is 0 Å². The first-order valence-electron chi connectivity index (χ1n) is 9.52. The van der Waals surface area contributed by atoms with Crippen LogP contribution in [0.25, 0.3) is 0 Å². The average Bonchev–Trinajstić information content (AvgIpc) is 2.92. The van der Waals surface area contributed by atoms with Gasteiger partial charge in [-0.1, -0.05) is 37.3 Å². The second-order valence-electron chi connectivity index (χ2n) is 7.04. The van der Waals surface area contributed by atoms with Gasteiger partial charge in [0.15, 0.2) is 11.6 Å². The van der Waals surface area contributed by atoms with Crippen molar-refractivity contribution in [1.82, 2.24) is 4.90 Å². The molecule has 1 fully saturated rings. The smallest absolute Gasteiger partial charge is 0.235 e. The molecule has 1 amide bonds. The van der Waals surface area contributed by atoms with E-state index in [-0.39, 0.29) is 11.7 Å². The van der Waals surface area contributed by atoms with Gasteiger partial charge in [0, 0.05) is 11.8 Å². The zero-order valence-electron chi connectivity index (χ0n) is 16.0. The Labute approximate surface area is 160 Å². The molecule has 1 aliphatic rings. The van der Waals surface area contributed by atoms with Gasteiger partial charge in [-0.2, -0.15) is 0 Å². The van der Waals surface area contributed by atoms with Crippen molar-refractivity contribution >= 4 is 11.6 Å². The fourth-order valence-electron chi connectivity index (χ4n) is 3.91. The number of hydrogen-bond acceptors (Lipinski definition) is 3. The van der Waals surface area contributed by atoms with Crippen LogP contribution in [0.1, 0.15) is 31.7 Å². The number of benzene rings is 2. The summed E-state index contributed by atoms with van der Waals surface area (Å²) in [5.41, 5.74) is 0.862. The molecule has 0 spiro atoms. The highest BCUT2D eigenvalue weighted by molar-refractivity contribution is 5.99. The Kier molecular flexibility index (Phi) is 6.11. The minimum absolute atomic E-state index is 0.0729. The number of anilines is 1. The summed E-state index contributed by atoms with van der Waals surface area (Å²) >= 11 is 0. The van der Waals surface area contributed by atoms with Crippen LogP contribution in [0.4, 0.5) is 10.1 Å². The minimum atomic E-state index is -0.610. The Morgan fingerprint density at radius 3 is 2.63 bits per heavy atom. The molecule has 4 nitrogen and oxygen atoms in total. The second kappa shape index (κ2) is 8.53. The Morgan fingerprint density at radius 2 is 1.96 bits per heavy atom. The summed E-state index contributed by atoms with van der Waals surface area (Å²) in [7, 11) is 1.42. The van der Waals surface area contributed by atoms with Crippen molar-refractivity contribution in [2.45, 2.75) is 31.6 Å². The summed E-state index contributed by atoms with van der Waals surface area (Å²) in [6.45, 7) is 5.00. The third-order valence-electron chi connectivity index (χ3n) is 5.55. The van der Waals surface area contributed by atoms with E-state index in [2.05, 4.69) is 17.1 Å². The third kappa shape index (κ3) is 4.14. The van der Waals surface area contributed by atoms with E-state index >= 15 is 0 Å². The zero-order valence-corrected chi connectivity index (χ0v) is 16.0. The lowest BCUT2D eigenvalue weighted by Gasteiger charge is -2.32. The van der Waals surface area contributed by atoms with E-state index in [0.29, 0.717) is 5.69 Å². The summed E-state index contributed by atoms with van der Waals surface area (Å²) in [5, 5.41) is 2.95. The summed E-state index contributed by atoms with van der Waals surface area (Å²) in [4.78, 5) is 15.8. The van der Waals surface area contributed by atoms with Crippen LogP contribution in [0.2, 0.25) is 0 Å². The van der Waals surface area contributed by atoms with Crippen molar-refractivity contribution in [3.05, 3.63) is 59.9 Å². The number of carbonyl (C=O) groups excluding carboxylic acids is 1. The quantitative estimate of drug-likeness (QED) is 0.857. The molecule has 27 heavy (non-hydrogen) atoms.